The van der Waals surface area contributed by atoms with Crippen molar-refractivity contribution in [3.05, 3.63) is 60.3 Å². The highest BCUT2D eigenvalue weighted by Gasteiger charge is 2.17. The van der Waals surface area contributed by atoms with Crippen molar-refractivity contribution in [1.29, 1.82) is 0 Å². The number of carbonyl (C=O) groups excluding carboxylic acids is 1. The predicted octanol–water partition coefficient (Wildman–Crippen LogP) is 3.52. The van der Waals surface area contributed by atoms with Crippen LogP contribution in [-0.2, 0) is 9.84 Å². The summed E-state index contributed by atoms with van der Waals surface area (Å²) in [6.07, 6.45) is 1.14. The summed E-state index contributed by atoms with van der Waals surface area (Å²) in [6, 6.07) is 14.9. The molecule has 0 spiro atoms. The third kappa shape index (κ3) is 4.62. The minimum absolute atomic E-state index is 0.0973. The van der Waals surface area contributed by atoms with Crippen LogP contribution >= 0.6 is 11.5 Å². The van der Waals surface area contributed by atoms with E-state index in [4.69, 9.17) is 9.26 Å². The lowest BCUT2D eigenvalue weighted by atomic mass is 10.1. The number of carbonyl (C=O) groups is 1. The van der Waals surface area contributed by atoms with Crippen LogP contribution in [0, 0.1) is 0 Å². The van der Waals surface area contributed by atoms with Gasteiger partial charge in [-0.1, -0.05) is 5.16 Å². The maximum absolute atomic E-state index is 12.5. The van der Waals surface area contributed by atoms with E-state index >= 15 is 0 Å². The molecule has 0 aliphatic heterocycles. The van der Waals surface area contributed by atoms with E-state index in [0.717, 1.165) is 23.4 Å². The number of rotatable bonds is 6. The summed E-state index contributed by atoms with van der Waals surface area (Å²) >= 11 is 1.00. The van der Waals surface area contributed by atoms with Crippen molar-refractivity contribution in [3.8, 4) is 28.5 Å². The average Bonchev–Trinajstić information content (AvgIpc) is 3.43. The average molecular weight is 457 g/mol. The molecule has 2 heterocycles. The van der Waals surface area contributed by atoms with E-state index in [1.54, 1.807) is 43.5 Å². The van der Waals surface area contributed by atoms with Gasteiger partial charge in [0.15, 0.2) is 27.1 Å². The maximum Gasteiger partial charge on any atom is 0.279 e. The molecule has 31 heavy (non-hydrogen) atoms. The molecule has 0 radical (unpaired) electrons. The Labute approximate surface area is 181 Å². The van der Waals surface area contributed by atoms with Crippen LogP contribution < -0.4 is 10.1 Å². The van der Waals surface area contributed by atoms with Gasteiger partial charge in [-0.15, -0.1) is 0 Å². The van der Waals surface area contributed by atoms with Crippen LogP contribution in [0.1, 0.15) is 10.5 Å². The molecule has 0 saturated carbocycles. The lowest BCUT2D eigenvalue weighted by molar-refractivity contribution is 0.101. The molecular weight excluding hydrogens is 440 g/mol. The first kappa shape index (κ1) is 20.7. The molecule has 1 N–H and O–H groups in total. The van der Waals surface area contributed by atoms with E-state index in [9.17, 15) is 13.2 Å². The number of nitrogens with zero attached hydrogens (tertiary/aromatic N) is 3. The van der Waals surface area contributed by atoms with E-state index in [1.807, 2.05) is 0 Å². The summed E-state index contributed by atoms with van der Waals surface area (Å²) in [4.78, 5) is 17.0. The molecule has 0 aliphatic rings. The summed E-state index contributed by atoms with van der Waals surface area (Å²) in [7, 11) is -1.70. The monoisotopic (exact) mass is 456 g/mol. The quantitative estimate of drug-likeness (QED) is 0.467. The van der Waals surface area contributed by atoms with Crippen molar-refractivity contribution >= 4 is 32.4 Å². The first-order chi connectivity index (χ1) is 14.8. The zero-order valence-electron chi connectivity index (χ0n) is 16.4. The fourth-order valence-electron chi connectivity index (χ4n) is 2.68. The first-order valence-electron chi connectivity index (χ1n) is 8.90. The van der Waals surface area contributed by atoms with Crippen LogP contribution in [0.3, 0.4) is 0 Å². The molecule has 2 aromatic heterocycles. The number of hydrogen-bond donors (Lipinski definition) is 1. The molecule has 9 nitrogen and oxygen atoms in total. The number of aromatic nitrogens is 3. The van der Waals surface area contributed by atoms with Crippen molar-refractivity contribution < 1.29 is 22.5 Å². The molecule has 4 rings (SSSR count). The van der Waals surface area contributed by atoms with Gasteiger partial charge >= 0.3 is 0 Å². The third-order valence-electron chi connectivity index (χ3n) is 4.30. The standard InChI is InChI=1S/C20H16N4O5S2/c1-28-14-7-3-12(4-8-14)17-11-16(23-29-17)19(25)22-20-21-18(24-30-20)13-5-9-15(10-6-13)31(2,26)27/h3-11H,1-2H3,(H,21,22,24,25). The fourth-order valence-corrected chi connectivity index (χ4v) is 3.89. The molecule has 1 amide bonds. The van der Waals surface area contributed by atoms with Gasteiger partial charge in [-0.05, 0) is 48.5 Å². The largest absolute Gasteiger partial charge is 0.497 e. The summed E-state index contributed by atoms with van der Waals surface area (Å²) in [5.41, 5.74) is 1.48. The zero-order chi connectivity index (χ0) is 22.0. The van der Waals surface area contributed by atoms with Crippen molar-refractivity contribution in [1.82, 2.24) is 14.5 Å². The number of sulfone groups is 1. The van der Waals surface area contributed by atoms with Gasteiger partial charge in [0.05, 0.1) is 12.0 Å². The van der Waals surface area contributed by atoms with Crippen LogP contribution in [0.25, 0.3) is 22.7 Å². The van der Waals surface area contributed by atoms with Gasteiger partial charge in [0, 0.05) is 35.0 Å². The van der Waals surface area contributed by atoms with Gasteiger partial charge in [-0.3, -0.25) is 10.1 Å². The Hall–Kier alpha value is -3.57. The minimum atomic E-state index is -3.28. The number of nitrogens with one attached hydrogen (secondary N) is 1. The zero-order valence-corrected chi connectivity index (χ0v) is 18.0. The number of benzene rings is 2. The summed E-state index contributed by atoms with van der Waals surface area (Å²) in [5, 5.41) is 6.72. The Bertz CT molecular complexity index is 1330. The summed E-state index contributed by atoms with van der Waals surface area (Å²) in [6.45, 7) is 0. The lowest BCUT2D eigenvalue weighted by Crippen LogP contribution is -2.11. The second kappa shape index (κ2) is 8.28. The van der Waals surface area contributed by atoms with Crippen molar-refractivity contribution in [3.63, 3.8) is 0 Å². The molecule has 4 aromatic rings. The molecule has 11 heteroatoms. The highest BCUT2D eigenvalue weighted by Crippen LogP contribution is 2.25. The van der Waals surface area contributed by atoms with Crippen LogP contribution in [0.2, 0.25) is 0 Å². The fraction of sp³-hybridized carbons (Fsp3) is 0.100. The molecule has 0 saturated heterocycles. The molecule has 2 aromatic carbocycles. The maximum atomic E-state index is 12.5. The van der Waals surface area contributed by atoms with Crippen LogP contribution in [0.15, 0.2) is 64.0 Å². The van der Waals surface area contributed by atoms with Gasteiger partial charge in [-0.25, -0.2) is 8.42 Å². The van der Waals surface area contributed by atoms with E-state index < -0.39 is 15.7 Å². The topological polar surface area (TPSA) is 124 Å². The number of anilines is 1. The van der Waals surface area contributed by atoms with Crippen molar-refractivity contribution in [2.45, 2.75) is 4.90 Å². The Kier molecular flexibility index (Phi) is 5.53. The Balaban J connectivity index is 1.46. The second-order valence-corrected chi connectivity index (χ2v) is 9.25. The lowest BCUT2D eigenvalue weighted by Gasteiger charge is -1.99. The van der Waals surface area contributed by atoms with E-state index in [1.165, 1.54) is 18.2 Å². The smallest absolute Gasteiger partial charge is 0.279 e. The molecule has 0 unspecified atom stereocenters. The molecule has 158 valence electrons. The van der Waals surface area contributed by atoms with E-state index in [2.05, 4.69) is 19.8 Å². The van der Waals surface area contributed by atoms with Crippen LogP contribution in [-0.4, -0.2) is 42.2 Å². The van der Waals surface area contributed by atoms with E-state index in [0.29, 0.717) is 22.9 Å². The second-order valence-electron chi connectivity index (χ2n) is 6.48. The summed E-state index contributed by atoms with van der Waals surface area (Å²) in [5.74, 6) is 1.04. The highest BCUT2D eigenvalue weighted by atomic mass is 32.2. The Morgan fingerprint density at radius 3 is 2.39 bits per heavy atom. The van der Waals surface area contributed by atoms with Crippen molar-refractivity contribution in [2.75, 3.05) is 18.7 Å². The van der Waals surface area contributed by atoms with Crippen LogP contribution in [0.5, 0.6) is 5.75 Å². The highest BCUT2D eigenvalue weighted by molar-refractivity contribution is 7.90. The van der Waals surface area contributed by atoms with Gasteiger partial charge in [0.1, 0.15) is 5.75 Å². The predicted molar refractivity (Wildman–Crippen MR) is 115 cm³/mol. The number of hydrogen-bond acceptors (Lipinski definition) is 9. The number of amides is 1. The van der Waals surface area contributed by atoms with Gasteiger partial charge in [0.2, 0.25) is 5.13 Å². The Morgan fingerprint density at radius 1 is 1.06 bits per heavy atom. The normalized spacial score (nSPS) is 11.3. The molecule has 0 aliphatic carbocycles. The third-order valence-corrected chi connectivity index (χ3v) is 6.06. The number of methoxy groups -OCH3 is 1. The van der Waals surface area contributed by atoms with Gasteiger partial charge < -0.3 is 9.26 Å². The first-order valence-corrected chi connectivity index (χ1v) is 11.6. The molecular formula is C20H16N4O5S2. The summed E-state index contributed by atoms with van der Waals surface area (Å²) < 4.78 is 37.7. The van der Waals surface area contributed by atoms with Gasteiger partial charge in [-0.2, -0.15) is 9.36 Å². The minimum Gasteiger partial charge on any atom is -0.497 e. The Morgan fingerprint density at radius 2 is 1.74 bits per heavy atom. The number of ether oxygens (including phenoxy) is 1. The molecule has 0 bridgehead atoms. The molecule has 0 atom stereocenters. The SMILES string of the molecule is COc1ccc(-c2cc(C(=O)Nc3nc(-c4ccc(S(C)(=O)=O)cc4)ns3)no2)cc1. The van der Waals surface area contributed by atoms with Crippen molar-refractivity contribution in [2.24, 2.45) is 0 Å². The van der Waals surface area contributed by atoms with Crippen LogP contribution in [0.4, 0.5) is 5.13 Å². The van der Waals surface area contributed by atoms with Gasteiger partial charge in [0.25, 0.3) is 5.91 Å². The van der Waals surface area contributed by atoms with E-state index in [-0.39, 0.29) is 15.7 Å². The molecule has 0 fully saturated rings.